The summed E-state index contributed by atoms with van der Waals surface area (Å²) in [6, 6.07) is 0. The zero-order valence-electron chi connectivity index (χ0n) is 14.5. The van der Waals surface area contributed by atoms with Gasteiger partial charge in [0.25, 0.3) is 0 Å². The van der Waals surface area contributed by atoms with Crippen LogP contribution in [0.3, 0.4) is 0 Å². The number of aliphatic hydroxyl groups excluding tert-OH is 2. The van der Waals surface area contributed by atoms with Gasteiger partial charge in [-0.2, -0.15) is 0 Å². The molecule has 0 aromatic carbocycles. The van der Waals surface area contributed by atoms with E-state index in [4.69, 9.17) is 39.8 Å². The molecule has 0 bridgehead atoms. The molecule has 29 heavy (non-hydrogen) atoms. The Bertz CT molecular complexity index is 840. The van der Waals surface area contributed by atoms with Gasteiger partial charge in [-0.05, 0) is 0 Å². The second-order valence-electron chi connectivity index (χ2n) is 5.74. The Morgan fingerprint density at radius 1 is 0.828 bits per heavy atom. The van der Waals surface area contributed by atoms with Crippen molar-refractivity contribution in [2.45, 2.75) is 21.8 Å². The first-order valence-electron chi connectivity index (χ1n) is 7.26. The molecule has 8 N–H and O–H groups in total. The molecule has 14 nitrogen and oxygen atoms in total. The van der Waals surface area contributed by atoms with Gasteiger partial charge in [0.05, 0.1) is 0 Å². The molecule has 0 spiro atoms. The molecule has 2 saturated heterocycles. The number of sulfone groups is 2. The Morgan fingerprint density at radius 2 is 1.07 bits per heavy atom. The summed E-state index contributed by atoms with van der Waals surface area (Å²) in [7, 11) is -11.3. The molecule has 2 rings (SSSR count). The molecule has 4 atom stereocenters. The van der Waals surface area contributed by atoms with Crippen LogP contribution in [0, 0.1) is 10.8 Å². The van der Waals surface area contributed by atoms with Gasteiger partial charge < -0.3 is 9.11 Å². The van der Waals surface area contributed by atoms with Crippen LogP contribution < -0.4 is 11.5 Å². The van der Waals surface area contributed by atoms with E-state index in [9.17, 15) is 27.0 Å². The van der Waals surface area contributed by atoms with Crippen LogP contribution in [0.15, 0.2) is 0 Å². The van der Waals surface area contributed by atoms with E-state index in [0.717, 1.165) is 0 Å². The molecule has 0 aliphatic carbocycles. The Kier molecular flexibility index (Phi) is 11.2. The first-order valence-corrected chi connectivity index (χ1v) is 15.9. The van der Waals surface area contributed by atoms with E-state index in [2.05, 4.69) is 0 Å². The van der Waals surface area contributed by atoms with Crippen LogP contribution >= 0.6 is 0 Å². The summed E-state index contributed by atoms with van der Waals surface area (Å²) in [5.41, 5.74) is 10.3. The molecule has 0 radical (unpaired) electrons. The first-order chi connectivity index (χ1) is 12.8. The minimum Gasteiger partial charge on any atom is -0.759 e. The van der Waals surface area contributed by atoms with Crippen molar-refractivity contribution in [3.63, 3.8) is 0 Å². The molecule has 0 amide bonds. The number of nitrogens with one attached hydrogen (secondary N) is 2. The zero-order valence-corrected chi connectivity index (χ0v) is 20.4. The predicted octanol–water partition coefficient (Wildman–Crippen LogP) is -5.01. The van der Waals surface area contributed by atoms with Gasteiger partial charge in [-0.1, -0.05) is 0 Å². The van der Waals surface area contributed by atoms with E-state index in [1.807, 2.05) is 0 Å². The van der Waals surface area contributed by atoms with Gasteiger partial charge in [-0.15, -0.1) is 0 Å². The summed E-state index contributed by atoms with van der Waals surface area (Å²) in [6.45, 7) is 0. The number of hydrogen-bond donors (Lipinski definition) is 6. The fourth-order valence-corrected chi connectivity index (χ4v) is 12.0. The fourth-order valence-electron chi connectivity index (χ4n) is 2.15. The number of aliphatic hydroxyl groups is 2. The summed E-state index contributed by atoms with van der Waals surface area (Å²) in [4.78, 5) is -0.639. The van der Waals surface area contributed by atoms with Crippen LogP contribution in [0.25, 0.3) is 0 Å². The van der Waals surface area contributed by atoms with Gasteiger partial charge in [-0.25, -0.2) is 0 Å². The number of hydrogen-bond acceptors (Lipinski definition) is 12. The Hall–Kier alpha value is -0.331. The fraction of sp³-hybridized carbons (Fsp3) is 0.800. The smallest absolute Gasteiger partial charge is 0.0311 e. The van der Waals surface area contributed by atoms with Gasteiger partial charge in [0.1, 0.15) is 0 Å². The van der Waals surface area contributed by atoms with Crippen molar-refractivity contribution in [3.8, 4) is 0 Å². The maximum absolute atomic E-state index is 11.0. The van der Waals surface area contributed by atoms with E-state index in [1.165, 1.54) is 0 Å². The second kappa shape index (κ2) is 11.3. The molecule has 19 heteroatoms. The largest absolute Gasteiger partial charge is 0.759 e. The van der Waals surface area contributed by atoms with E-state index >= 15 is 0 Å². The van der Waals surface area contributed by atoms with Crippen molar-refractivity contribution in [2.75, 3.05) is 23.0 Å². The number of amidine groups is 2. The average Bonchev–Trinajstić information content (AvgIpc) is 2.81. The van der Waals surface area contributed by atoms with Crippen LogP contribution in [-0.4, -0.2) is 119 Å². The average molecular weight is 610 g/mol. The van der Waals surface area contributed by atoms with E-state index < -0.39 is 42.3 Å². The molecular weight excluding hydrogens is 590 g/mol. The van der Waals surface area contributed by atoms with Gasteiger partial charge in [0.2, 0.25) is 0 Å². The first kappa shape index (κ1) is 28.7. The minimum absolute atomic E-state index is 0.0105. The number of nitrogens with two attached hydrogens (primary N) is 2. The van der Waals surface area contributed by atoms with Gasteiger partial charge in [0, 0.05) is 10.4 Å². The van der Waals surface area contributed by atoms with Crippen LogP contribution in [0.4, 0.5) is 0 Å². The van der Waals surface area contributed by atoms with Gasteiger partial charge >= 0.3 is 153 Å². The molecule has 2 fully saturated rings. The Morgan fingerprint density at radius 3 is 1.21 bits per heavy atom. The normalized spacial score (nSPS) is 29.7. The van der Waals surface area contributed by atoms with Gasteiger partial charge in [-0.3, -0.25) is 8.42 Å². The summed E-state index contributed by atoms with van der Waals surface area (Å²) < 4.78 is 77.9. The third-order valence-electron chi connectivity index (χ3n) is 3.10. The quantitative estimate of drug-likeness (QED) is 0.0573. The minimum atomic E-state index is -5.17. The van der Waals surface area contributed by atoms with Gasteiger partial charge in [0.15, 0.2) is 0 Å². The van der Waals surface area contributed by atoms with E-state index in [-0.39, 0.29) is 72.0 Å². The molecule has 172 valence electrons. The van der Waals surface area contributed by atoms with Crippen LogP contribution in [-0.2, 0) is 30.1 Å². The predicted molar refractivity (Wildman–Crippen MR) is 103 cm³/mol. The van der Waals surface area contributed by atoms with Crippen molar-refractivity contribution < 1.29 is 44.6 Å². The molecule has 2 heterocycles. The van der Waals surface area contributed by atoms with Crippen LogP contribution in [0.2, 0.25) is 9.63 Å². The zero-order chi connectivity index (χ0) is 23.2. The second-order valence-corrected chi connectivity index (χ2v) is 16.2. The SMILES string of the molecule is N=C(N)[Se]C1CS(=O)(=O)CC1O.N=C(N)[Se]C1CS(=O)(=O)CC1O.O=S(=O)([O-])[O-]. The maximum atomic E-state index is 11.0. The summed E-state index contributed by atoms with van der Waals surface area (Å²) in [5.74, 6) is -0.388. The Balaban J connectivity index is 0.000000442. The molecule has 0 saturated carbocycles. The topological polar surface area (TPSA) is 289 Å². The van der Waals surface area contributed by atoms with Crippen LogP contribution in [0.1, 0.15) is 0 Å². The third-order valence-corrected chi connectivity index (χ3v) is 11.8. The van der Waals surface area contributed by atoms with Crippen molar-refractivity contribution in [1.29, 1.82) is 10.8 Å². The van der Waals surface area contributed by atoms with Crippen LogP contribution in [0.5, 0.6) is 0 Å². The molecule has 2 aliphatic rings. The van der Waals surface area contributed by atoms with Crippen molar-refractivity contribution in [2.24, 2.45) is 11.5 Å². The summed E-state index contributed by atoms with van der Waals surface area (Å²) in [5, 5.41) is 32.5. The number of rotatable bonds is 4. The van der Waals surface area contributed by atoms with E-state index in [1.54, 1.807) is 0 Å². The van der Waals surface area contributed by atoms with E-state index in [0.29, 0.717) is 0 Å². The molecule has 0 aromatic rings. The molecule has 4 unspecified atom stereocenters. The molecule has 2 aliphatic heterocycles. The summed E-state index contributed by atoms with van der Waals surface area (Å²) >= 11 is -0.772. The molecular formula is C10H20N4O10S3Se2-2. The Labute approximate surface area is 180 Å². The maximum Gasteiger partial charge on any atom is 0.0311 e. The monoisotopic (exact) mass is 612 g/mol. The van der Waals surface area contributed by atoms with Crippen molar-refractivity contribution >= 4 is 69.5 Å². The standard InChI is InChI=1S/2C5H10N2O3SSe.H2O4S/c2*6-5(7)12-4-2-11(9,10)1-3(4)8;1-5(2,3)4/h2*3-4,8H,1-2H2,(H3,6,7);(H2,1,2,3,4)/p-2. The van der Waals surface area contributed by atoms with Crippen molar-refractivity contribution in [3.05, 3.63) is 0 Å². The van der Waals surface area contributed by atoms with Crippen molar-refractivity contribution in [1.82, 2.24) is 0 Å². The molecule has 0 aromatic heterocycles. The summed E-state index contributed by atoms with van der Waals surface area (Å²) in [6.07, 6.45) is -1.64. The third kappa shape index (κ3) is 14.3.